The largest absolute Gasteiger partial charge is 0.365 e. The van der Waals surface area contributed by atoms with Crippen molar-refractivity contribution in [1.82, 2.24) is 5.32 Å². The van der Waals surface area contributed by atoms with E-state index in [1.165, 1.54) is 0 Å². The molecule has 1 aliphatic heterocycles. The summed E-state index contributed by atoms with van der Waals surface area (Å²) in [5.41, 5.74) is 1.42. The molecule has 1 unspecified atom stereocenters. The van der Waals surface area contributed by atoms with Crippen LogP contribution in [0.4, 0.5) is 14.5 Å². The molecule has 0 aliphatic carbocycles. The molecule has 1 aliphatic rings. The highest BCUT2D eigenvalue weighted by molar-refractivity contribution is 6.33. The van der Waals surface area contributed by atoms with E-state index in [1.54, 1.807) is 0 Å². The van der Waals surface area contributed by atoms with Gasteiger partial charge in [0.1, 0.15) is 5.82 Å². The van der Waals surface area contributed by atoms with Gasteiger partial charge in [0.05, 0.1) is 10.7 Å². The van der Waals surface area contributed by atoms with E-state index < -0.39 is 11.6 Å². The predicted octanol–water partition coefficient (Wildman–Crippen LogP) is 3.77. The molecule has 1 saturated heterocycles. The summed E-state index contributed by atoms with van der Waals surface area (Å²) in [7, 11) is 0. The zero-order valence-corrected chi connectivity index (χ0v) is 12.1. The number of nitrogens with zero attached hydrogens (tertiary/aromatic N) is 1. The van der Waals surface area contributed by atoms with E-state index in [0.717, 1.165) is 17.7 Å². The number of anilines is 1. The summed E-state index contributed by atoms with van der Waals surface area (Å²) in [5, 5.41) is 3.52. The fourth-order valence-corrected chi connectivity index (χ4v) is 3.01. The van der Waals surface area contributed by atoms with Gasteiger partial charge in [0, 0.05) is 31.7 Å². The lowest BCUT2D eigenvalue weighted by Crippen LogP contribution is -2.46. The Bertz CT molecular complexity index is 610. The average molecular weight is 309 g/mol. The summed E-state index contributed by atoms with van der Waals surface area (Å²) in [6.07, 6.45) is 0. The third-order valence-corrected chi connectivity index (χ3v) is 3.96. The third kappa shape index (κ3) is 3.01. The number of benzene rings is 2. The molecule has 2 aromatic carbocycles. The molecule has 0 saturated carbocycles. The van der Waals surface area contributed by atoms with Crippen LogP contribution in [0.25, 0.3) is 0 Å². The van der Waals surface area contributed by atoms with Crippen LogP contribution in [0.1, 0.15) is 11.6 Å². The van der Waals surface area contributed by atoms with Gasteiger partial charge in [-0.15, -0.1) is 0 Å². The zero-order valence-electron chi connectivity index (χ0n) is 11.3. The number of hydrogen-bond donors (Lipinski definition) is 1. The Morgan fingerprint density at radius 3 is 2.62 bits per heavy atom. The van der Waals surface area contributed by atoms with Crippen molar-refractivity contribution in [2.24, 2.45) is 0 Å². The Labute approximate surface area is 127 Å². The second-order valence-corrected chi connectivity index (χ2v) is 5.49. The van der Waals surface area contributed by atoms with Gasteiger partial charge in [0.15, 0.2) is 5.82 Å². The highest BCUT2D eigenvalue weighted by Gasteiger charge is 2.24. The molecular formula is C16H15ClF2N2. The standard InChI is InChI=1S/C16H15ClF2N2/c17-13-8-12(18)9-14(19)16(13)21-7-6-20-15(10-21)11-4-2-1-3-5-11/h1-5,8-9,15,20H,6-7,10H2. The van der Waals surface area contributed by atoms with Crippen molar-refractivity contribution < 1.29 is 8.78 Å². The van der Waals surface area contributed by atoms with E-state index in [9.17, 15) is 8.78 Å². The zero-order chi connectivity index (χ0) is 14.8. The number of rotatable bonds is 2. The van der Waals surface area contributed by atoms with Crippen LogP contribution in [0, 0.1) is 11.6 Å². The van der Waals surface area contributed by atoms with Crippen molar-refractivity contribution in [2.45, 2.75) is 6.04 Å². The molecule has 3 rings (SSSR count). The minimum Gasteiger partial charge on any atom is -0.365 e. The SMILES string of the molecule is Fc1cc(F)c(N2CCNC(c3ccccc3)C2)c(Cl)c1. The van der Waals surface area contributed by atoms with Crippen molar-refractivity contribution in [1.29, 1.82) is 0 Å². The van der Waals surface area contributed by atoms with Crippen LogP contribution in [0.15, 0.2) is 42.5 Å². The first kappa shape index (κ1) is 14.3. The first-order valence-electron chi connectivity index (χ1n) is 6.83. The minimum absolute atomic E-state index is 0.0977. The summed E-state index contributed by atoms with van der Waals surface area (Å²) in [5.74, 6) is -1.27. The fraction of sp³-hybridized carbons (Fsp3) is 0.250. The summed E-state index contributed by atoms with van der Waals surface area (Å²) in [6.45, 7) is 1.94. The lowest BCUT2D eigenvalue weighted by Gasteiger charge is -2.36. The van der Waals surface area contributed by atoms with Crippen LogP contribution in [0.2, 0.25) is 5.02 Å². The first-order valence-corrected chi connectivity index (χ1v) is 7.21. The van der Waals surface area contributed by atoms with Crippen LogP contribution < -0.4 is 10.2 Å². The van der Waals surface area contributed by atoms with Crippen LogP contribution >= 0.6 is 11.6 Å². The van der Waals surface area contributed by atoms with Crippen LogP contribution in [-0.2, 0) is 0 Å². The van der Waals surface area contributed by atoms with Gasteiger partial charge in [-0.1, -0.05) is 41.9 Å². The number of halogens is 3. The molecule has 1 fully saturated rings. The monoisotopic (exact) mass is 308 g/mol. The first-order chi connectivity index (χ1) is 10.1. The van der Waals surface area contributed by atoms with Crippen LogP contribution in [0.3, 0.4) is 0 Å². The lowest BCUT2D eigenvalue weighted by atomic mass is 10.0. The van der Waals surface area contributed by atoms with Gasteiger partial charge in [-0.05, 0) is 11.6 Å². The van der Waals surface area contributed by atoms with Gasteiger partial charge >= 0.3 is 0 Å². The second kappa shape index (κ2) is 6.00. The molecule has 1 atom stereocenters. The molecule has 1 heterocycles. The van der Waals surface area contributed by atoms with Crippen molar-refractivity contribution >= 4 is 17.3 Å². The third-order valence-electron chi connectivity index (χ3n) is 3.68. The second-order valence-electron chi connectivity index (χ2n) is 5.08. The van der Waals surface area contributed by atoms with Gasteiger partial charge in [-0.25, -0.2) is 8.78 Å². The van der Waals surface area contributed by atoms with Crippen molar-refractivity contribution in [2.75, 3.05) is 24.5 Å². The molecule has 0 bridgehead atoms. The Kier molecular flexibility index (Phi) is 4.08. The quantitative estimate of drug-likeness (QED) is 0.908. The highest BCUT2D eigenvalue weighted by atomic mass is 35.5. The predicted molar refractivity (Wildman–Crippen MR) is 80.8 cm³/mol. The molecule has 0 aromatic heterocycles. The van der Waals surface area contributed by atoms with Crippen molar-refractivity contribution in [3.8, 4) is 0 Å². The number of nitrogens with one attached hydrogen (secondary N) is 1. The van der Waals surface area contributed by atoms with E-state index in [0.29, 0.717) is 19.6 Å². The molecule has 2 aromatic rings. The maximum atomic E-state index is 14.0. The Balaban J connectivity index is 1.87. The van der Waals surface area contributed by atoms with E-state index in [-0.39, 0.29) is 16.8 Å². The fourth-order valence-electron chi connectivity index (χ4n) is 2.70. The normalized spacial score (nSPS) is 18.8. The maximum absolute atomic E-state index is 14.0. The van der Waals surface area contributed by atoms with Gasteiger partial charge in [-0.3, -0.25) is 0 Å². The Morgan fingerprint density at radius 2 is 1.90 bits per heavy atom. The average Bonchev–Trinajstić information content (AvgIpc) is 2.47. The molecule has 5 heteroatoms. The van der Waals surface area contributed by atoms with Gasteiger partial charge in [0.2, 0.25) is 0 Å². The summed E-state index contributed by atoms with van der Waals surface area (Å²) in [6, 6.07) is 12.1. The highest BCUT2D eigenvalue weighted by Crippen LogP contribution is 2.32. The number of piperazine rings is 1. The van der Waals surface area contributed by atoms with E-state index in [4.69, 9.17) is 11.6 Å². The van der Waals surface area contributed by atoms with Crippen molar-refractivity contribution in [3.63, 3.8) is 0 Å². The summed E-state index contributed by atoms with van der Waals surface area (Å²) >= 11 is 6.02. The van der Waals surface area contributed by atoms with Crippen LogP contribution in [0.5, 0.6) is 0 Å². The van der Waals surface area contributed by atoms with Crippen molar-refractivity contribution in [3.05, 3.63) is 64.7 Å². The molecule has 110 valence electrons. The Hall–Kier alpha value is -1.65. The lowest BCUT2D eigenvalue weighted by molar-refractivity contribution is 0.465. The van der Waals surface area contributed by atoms with Gasteiger partial charge in [0.25, 0.3) is 0 Å². The molecule has 1 N–H and O–H groups in total. The smallest absolute Gasteiger partial charge is 0.150 e. The van der Waals surface area contributed by atoms with Gasteiger partial charge < -0.3 is 10.2 Å². The molecular weight excluding hydrogens is 294 g/mol. The van der Waals surface area contributed by atoms with Crippen LogP contribution in [-0.4, -0.2) is 19.6 Å². The molecule has 0 amide bonds. The summed E-state index contributed by atoms with van der Waals surface area (Å²) in [4.78, 5) is 1.87. The maximum Gasteiger partial charge on any atom is 0.150 e. The molecule has 21 heavy (non-hydrogen) atoms. The summed E-state index contributed by atoms with van der Waals surface area (Å²) < 4.78 is 27.2. The molecule has 0 radical (unpaired) electrons. The Morgan fingerprint density at radius 1 is 1.14 bits per heavy atom. The van der Waals surface area contributed by atoms with E-state index in [1.807, 2.05) is 35.2 Å². The molecule has 2 nitrogen and oxygen atoms in total. The minimum atomic E-state index is -0.656. The molecule has 0 spiro atoms. The van der Waals surface area contributed by atoms with E-state index in [2.05, 4.69) is 5.32 Å². The van der Waals surface area contributed by atoms with Gasteiger partial charge in [-0.2, -0.15) is 0 Å². The van der Waals surface area contributed by atoms with E-state index >= 15 is 0 Å². The number of hydrogen-bond acceptors (Lipinski definition) is 2. The topological polar surface area (TPSA) is 15.3 Å².